The van der Waals surface area contributed by atoms with Crippen molar-refractivity contribution in [3.63, 3.8) is 0 Å². The van der Waals surface area contributed by atoms with Gasteiger partial charge in [0.05, 0.1) is 32.6 Å². The fourth-order valence-corrected chi connectivity index (χ4v) is 11.8. The first-order valence-electron chi connectivity index (χ1n) is 36.5. The largest absolute Gasteiger partial charge is 0.481 e. The summed E-state index contributed by atoms with van der Waals surface area (Å²) in [4.78, 5) is 228. The van der Waals surface area contributed by atoms with Crippen LogP contribution in [0.5, 0.6) is 0 Å². The quantitative estimate of drug-likeness (QED) is 0.0334. The number of hydrogen-bond acceptors (Lipinski definition) is 22. The molecule has 0 radical (unpaired) electrons. The van der Waals surface area contributed by atoms with Gasteiger partial charge in [0.15, 0.2) is 6.10 Å². The van der Waals surface area contributed by atoms with Crippen molar-refractivity contribution in [3.05, 3.63) is 71.9 Å². The van der Waals surface area contributed by atoms with Crippen molar-refractivity contribution in [2.75, 3.05) is 39.9 Å². The molecule has 1 aliphatic heterocycles. The number of likely N-dealkylation sites (N-methyl/N-ethyl adjacent to an activating group) is 1. The minimum atomic E-state index is -2.59. The average Bonchev–Trinajstić information content (AvgIpc) is 1.54. The van der Waals surface area contributed by atoms with E-state index in [4.69, 9.17) is 27.7 Å². The summed E-state index contributed by atoms with van der Waals surface area (Å²) in [6.07, 6.45) is -5.52. The Balaban J connectivity index is 1.90. The maximum atomic E-state index is 14.9. The first-order valence-corrected chi connectivity index (χ1v) is 36.5. The number of carbonyl (C=O) groups excluding carboxylic acids is 15. The lowest BCUT2D eigenvalue weighted by Crippen LogP contribution is -2.63. The number of hydrogen-bond donors (Lipinski definition) is 20. The molecule has 0 aliphatic carbocycles. The SMILES string of the molecule is CC(C)CCCC1CC(=O)NC(CO)C(=O)NC(C(O)C(N)=O)C(=O)NC(CO)C(=O)NCC(=O)N(C)C(Cc2ccccc2)C(=O)NC(CC(C)C)C(=O)NC(CCCN)C(=O)NC(CCC(=O)O)C(=O)NC(CC(N)=O)C(=O)NC(Cc2c[nH]c3ccccc23)C(=O)NC(CCCN)C(=O)NC(C(C)C)C(=O)O1. The van der Waals surface area contributed by atoms with E-state index >= 15 is 0 Å². The number of para-hydroxylation sites is 1. The molecule has 13 unspecified atom stereocenters. The van der Waals surface area contributed by atoms with Crippen LogP contribution in [0.2, 0.25) is 0 Å². The molecule has 110 heavy (non-hydrogen) atoms. The summed E-state index contributed by atoms with van der Waals surface area (Å²) in [7, 11) is 1.19. The van der Waals surface area contributed by atoms with E-state index in [9.17, 15) is 97.1 Å². The van der Waals surface area contributed by atoms with Gasteiger partial charge in [-0.05, 0) is 99.4 Å². The van der Waals surface area contributed by atoms with Gasteiger partial charge in [0, 0.05) is 43.4 Å². The molecule has 1 fully saturated rings. The van der Waals surface area contributed by atoms with Crippen LogP contribution in [0.3, 0.4) is 0 Å². The predicted molar refractivity (Wildman–Crippen MR) is 395 cm³/mol. The minimum absolute atomic E-state index is 0.00990. The van der Waals surface area contributed by atoms with Gasteiger partial charge in [-0.3, -0.25) is 71.9 Å². The molecule has 4 rings (SSSR count). The van der Waals surface area contributed by atoms with Gasteiger partial charge in [-0.25, -0.2) is 4.79 Å². The number of esters is 1. The number of nitrogens with zero attached hydrogens (tertiary/aromatic N) is 1. The van der Waals surface area contributed by atoms with Crippen LogP contribution in [0.25, 0.3) is 10.9 Å². The Hall–Kier alpha value is -10.7. The topological polar surface area (TPSA) is 619 Å². The van der Waals surface area contributed by atoms with E-state index in [1.165, 1.54) is 7.05 Å². The highest BCUT2D eigenvalue weighted by molar-refractivity contribution is 6.01. The van der Waals surface area contributed by atoms with E-state index in [1.807, 2.05) is 24.5 Å². The monoisotopic (exact) mass is 1550 g/mol. The Morgan fingerprint density at radius 1 is 0.545 bits per heavy atom. The molecule has 3 aromatic rings. The number of aliphatic hydroxyl groups excluding tert-OH is 3. The van der Waals surface area contributed by atoms with Crippen molar-refractivity contribution in [1.29, 1.82) is 0 Å². The zero-order valence-corrected chi connectivity index (χ0v) is 62.9. The number of primary amides is 2. The smallest absolute Gasteiger partial charge is 0.329 e. The molecule has 608 valence electrons. The van der Waals surface area contributed by atoms with E-state index in [0.717, 1.165) is 4.90 Å². The van der Waals surface area contributed by atoms with Crippen LogP contribution in [-0.2, 0) is 94.3 Å². The van der Waals surface area contributed by atoms with Gasteiger partial charge in [-0.15, -0.1) is 0 Å². The van der Waals surface area contributed by atoms with Crippen molar-refractivity contribution < 1.29 is 102 Å². The van der Waals surface area contributed by atoms with Gasteiger partial charge < -0.3 is 116 Å². The number of nitrogens with two attached hydrogens (primary N) is 4. The number of ether oxygens (including phenoxy) is 1. The molecule has 0 spiro atoms. The van der Waals surface area contributed by atoms with E-state index < -0.39 is 225 Å². The Morgan fingerprint density at radius 3 is 1.60 bits per heavy atom. The van der Waals surface area contributed by atoms with Crippen LogP contribution in [0.15, 0.2) is 60.8 Å². The minimum Gasteiger partial charge on any atom is -0.481 e. The molecular formula is C72H109N17O21. The molecule has 14 amide bonds. The van der Waals surface area contributed by atoms with Gasteiger partial charge >= 0.3 is 11.9 Å². The fraction of sp³-hybridized carbons (Fsp3) is 0.583. The second-order valence-electron chi connectivity index (χ2n) is 28.2. The van der Waals surface area contributed by atoms with Crippen molar-refractivity contribution >= 4 is 106 Å². The first kappa shape index (κ1) is 91.7. The molecule has 2 heterocycles. The second kappa shape index (κ2) is 46.0. The third-order valence-electron chi connectivity index (χ3n) is 18.0. The van der Waals surface area contributed by atoms with Gasteiger partial charge in [0.2, 0.25) is 82.7 Å². The third kappa shape index (κ3) is 30.0. The lowest BCUT2D eigenvalue weighted by Gasteiger charge is -2.31. The summed E-state index contributed by atoms with van der Waals surface area (Å²) in [5, 5.41) is 68.5. The number of amides is 14. The van der Waals surface area contributed by atoms with Gasteiger partial charge in [0.1, 0.15) is 72.6 Å². The highest BCUT2D eigenvalue weighted by Gasteiger charge is 2.41. The molecule has 38 nitrogen and oxygen atoms in total. The summed E-state index contributed by atoms with van der Waals surface area (Å²) in [6, 6.07) is -4.52. The second-order valence-corrected chi connectivity index (χ2v) is 28.2. The van der Waals surface area contributed by atoms with Crippen molar-refractivity contribution in [2.45, 2.75) is 210 Å². The summed E-state index contributed by atoms with van der Waals surface area (Å²) >= 11 is 0. The van der Waals surface area contributed by atoms with E-state index in [2.05, 4.69) is 52.8 Å². The lowest BCUT2D eigenvalue weighted by molar-refractivity contribution is -0.156. The van der Waals surface area contributed by atoms with Crippen molar-refractivity contribution in [2.24, 2.45) is 40.7 Å². The first-order chi connectivity index (χ1) is 52.0. The zero-order chi connectivity index (χ0) is 82.1. The van der Waals surface area contributed by atoms with Crippen molar-refractivity contribution in [3.8, 4) is 0 Å². The number of aliphatic carboxylic acids is 1. The number of cyclic esters (lactones) is 1. The Morgan fingerprint density at radius 2 is 1.05 bits per heavy atom. The third-order valence-corrected chi connectivity index (χ3v) is 18.0. The average molecular weight is 1550 g/mol. The number of aromatic nitrogens is 1. The number of carbonyl (C=O) groups is 16. The number of nitrogens with one attached hydrogen (secondary N) is 12. The van der Waals surface area contributed by atoms with Crippen LogP contribution in [-0.4, -0.2) is 244 Å². The van der Waals surface area contributed by atoms with Crippen LogP contribution in [0, 0.1) is 17.8 Å². The number of H-pyrrole nitrogens is 1. The van der Waals surface area contributed by atoms with Crippen LogP contribution in [0.1, 0.15) is 130 Å². The van der Waals surface area contributed by atoms with Gasteiger partial charge in [-0.2, -0.15) is 0 Å². The highest BCUT2D eigenvalue weighted by atomic mass is 16.5. The summed E-state index contributed by atoms with van der Waals surface area (Å²) in [5.41, 5.74) is 24.3. The summed E-state index contributed by atoms with van der Waals surface area (Å²) in [6.45, 7) is 6.83. The molecule has 0 bridgehead atoms. The molecule has 0 saturated carbocycles. The molecule has 1 saturated heterocycles. The van der Waals surface area contributed by atoms with E-state index in [-0.39, 0.29) is 76.3 Å². The van der Waals surface area contributed by atoms with Crippen LogP contribution >= 0.6 is 0 Å². The molecule has 1 aliphatic rings. The maximum Gasteiger partial charge on any atom is 0.329 e. The molecular weight excluding hydrogens is 1440 g/mol. The lowest BCUT2D eigenvalue weighted by atomic mass is 9.99. The highest BCUT2D eigenvalue weighted by Crippen LogP contribution is 2.22. The number of aromatic amines is 1. The van der Waals surface area contributed by atoms with Gasteiger partial charge in [-0.1, -0.05) is 96.5 Å². The summed E-state index contributed by atoms with van der Waals surface area (Å²) < 4.78 is 5.92. The molecule has 2 aromatic carbocycles. The van der Waals surface area contributed by atoms with Crippen LogP contribution < -0.4 is 81.4 Å². The van der Waals surface area contributed by atoms with Crippen molar-refractivity contribution in [1.82, 2.24) is 68.4 Å². The number of benzene rings is 2. The van der Waals surface area contributed by atoms with E-state index in [1.54, 1.807) is 88.5 Å². The van der Waals surface area contributed by atoms with Gasteiger partial charge in [0.25, 0.3) is 0 Å². The number of carboxylic acid groups (broad SMARTS) is 1. The Labute approximate surface area is 636 Å². The predicted octanol–water partition coefficient (Wildman–Crippen LogP) is -5.36. The molecule has 13 atom stereocenters. The summed E-state index contributed by atoms with van der Waals surface area (Å²) in [5.74, 6) is -20.1. The Bertz CT molecular complexity index is 3670. The molecule has 1 aromatic heterocycles. The van der Waals surface area contributed by atoms with Crippen LogP contribution in [0.4, 0.5) is 0 Å². The number of aliphatic hydroxyl groups is 3. The number of rotatable bonds is 26. The molecule has 24 N–H and O–H groups in total. The Kier molecular flexibility index (Phi) is 38.3. The number of fused-ring (bicyclic) bond motifs is 1. The van der Waals surface area contributed by atoms with E-state index in [0.29, 0.717) is 34.9 Å². The zero-order valence-electron chi connectivity index (χ0n) is 62.9. The molecule has 38 heteroatoms. The normalized spacial score (nSPS) is 24.2. The standard InChI is InChI=1S/C72H109N17O21/c1-37(2)16-13-19-42-31-55(93)79-52(36-91)69(106)88-59(60(97)61(76)98)71(108)86-51(35-90)62(99)78-34-56(94)89(7)53(29-40-17-9-8-10-18-40)70(107)85-48(28-38(3)4)66(103)80-45(22-14-26-73)63(100)82-47(24-25-57(95)96)64(101)84-50(32-54(75)92)68(105)83-49(30-41-33-77-44-21-12-11-20-43(41)44)67(104)81-46(23-15-27-74)65(102)87-58(39(5)6)72(109)110-42/h8-12,17-18,20-21,33,37-39,42,45-53,58-60,77,90-91,97H,13-16,19,22-32,34-36,73-74H2,1-7H3,(H2,75,92)(H2,76,98)(H,78,99)(H,79,93)(H,80,103)(H,81,104)(H,82,100)(H,83,105)(H,84,101)(H,85,107)(H,86,108)(H,87,102)(H,88,106)(H,95,96). The fourth-order valence-electron chi connectivity index (χ4n) is 11.8. The maximum absolute atomic E-state index is 14.9. The number of carboxylic acids is 1.